The molecule has 0 atom stereocenters. The lowest BCUT2D eigenvalue weighted by molar-refractivity contribution is -0.137. The van der Waals surface area contributed by atoms with Gasteiger partial charge in [0.1, 0.15) is 5.82 Å². The summed E-state index contributed by atoms with van der Waals surface area (Å²) in [6, 6.07) is 11.0. The van der Waals surface area contributed by atoms with Crippen molar-refractivity contribution < 1.29 is 13.2 Å². The largest absolute Gasteiger partial charge is 0.416 e. The van der Waals surface area contributed by atoms with Gasteiger partial charge in [-0.15, -0.1) is 0 Å². The van der Waals surface area contributed by atoms with Crippen molar-refractivity contribution in [3.8, 4) is 11.4 Å². The molecule has 0 N–H and O–H groups in total. The van der Waals surface area contributed by atoms with Gasteiger partial charge < -0.3 is 0 Å². The van der Waals surface area contributed by atoms with Crippen LogP contribution in [0.3, 0.4) is 0 Å². The first kappa shape index (κ1) is 20.9. The van der Waals surface area contributed by atoms with Crippen LogP contribution in [0.25, 0.3) is 11.4 Å². The Morgan fingerprint density at radius 3 is 2.21 bits per heavy atom. The van der Waals surface area contributed by atoms with Gasteiger partial charge in [-0.2, -0.15) is 18.3 Å². The third-order valence-electron chi connectivity index (χ3n) is 4.17. The van der Waals surface area contributed by atoms with Gasteiger partial charge in [0.25, 0.3) is 0 Å². The summed E-state index contributed by atoms with van der Waals surface area (Å²) < 4.78 is 42.6. The van der Waals surface area contributed by atoms with E-state index < -0.39 is 11.7 Å². The molecule has 0 amide bonds. The number of alkyl halides is 3. The first-order valence-corrected chi connectivity index (χ1v) is 9.73. The highest BCUT2D eigenvalue weighted by molar-refractivity contribution is 7.71. The van der Waals surface area contributed by atoms with E-state index in [-0.39, 0.29) is 20.5 Å². The standard InChI is InChI=1S/C19H16Cl2F3N3S/c1-2-3-9-16-25-27(13-7-5-4-6-8-13)18(28)26(16)17-14(20)10-12(11-15(17)21)19(22,23)24/h4-8,10-11H,2-3,9H2,1H3. The van der Waals surface area contributed by atoms with Gasteiger partial charge in [0.15, 0.2) is 0 Å². The number of hydrogen-bond acceptors (Lipinski definition) is 2. The van der Waals surface area contributed by atoms with Gasteiger partial charge in [-0.3, -0.25) is 4.57 Å². The molecular weight excluding hydrogens is 430 g/mol. The van der Waals surface area contributed by atoms with E-state index in [1.807, 2.05) is 37.3 Å². The van der Waals surface area contributed by atoms with Crippen LogP contribution in [0.1, 0.15) is 31.2 Å². The number of hydrogen-bond donors (Lipinski definition) is 0. The van der Waals surface area contributed by atoms with Gasteiger partial charge in [0.2, 0.25) is 4.77 Å². The number of benzene rings is 2. The summed E-state index contributed by atoms with van der Waals surface area (Å²) in [5, 5.41) is 4.31. The highest BCUT2D eigenvalue weighted by Gasteiger charge is 2.32. The van der Waals surface area contributed by atoms with Gasteiger partial charge in [-0.05, 0) is 42.9 Å². The van der Waals surface area contributed by atoms with E-state index in [4.69, 9.17) is 35.4 Å². The zero-order valence-corrected chi connectivity index (χ0v) is 17.1. The Morgan fingerprint density at radius 2 is 1.68 bits per heavy atom. The predicted octanol–water partition coefficient (Wildman–Crippen LogP) is 7.06. The molecule has 3 rings (SSSR count). The lowest BCUT2D eigenvalue weighted by Gasteiger charge is -2.14. The molecule has 0 saturated carbocycles. The molecule has 0 bridgehead atoms. The zero-order chi connectivity index (χ0) is 20.5. The minimum Gasteiger partial charge on any atom is -0.269 e. The first-order chi connectivity index (χ1) is 13.2. The van der Waals surface area contributed by atoms with Crippen molar-refractivity contribution in [3.63, 3.8) is 0 Å². The number of halogens is 5. The van der Waals surface area contributed by atoms with Crippen molar-refractivity contribution >= 4 is 35.4 Å². The molecular formula is C19H16Cl2F3N3S. The van der Waals surface area contributed by atoms with Gasteiger partial charge in [0.05, 0.1) is 27.0 Å². The van der Waals surface area contributed by atoms with Crippen LogP contribution in [-0.4, -0.2) is 14.3 Å². The molecule has 148 valence electrons. The maximum Gasteiger partial charge on any atom is 0.416 e. The second-order valence-corrected chi connectivity index (χ2v) is 7.35. The van der Waals surface area contributed by atoms with Crippen molar-refractivity contribution in [1.82, 2.24) is 14.3 Å². The molecule has 1 heterocycles. The molecule has 3 aromatic rings. The summed E-state index contributed by atoms with van der Waals surface area (Å²) in [7, 11) is 0. The Morgan fingerprint density at radius 1 is 1.07 bits per heavy atom. The van der Waals surface area contributed by atoms with Crippen molar-refractivity contribution in [1.29, 1.82) is 0 Å². The summed E-state index contributed by atoms with van der Waals surface area (Å²) in [6.45, 7) is 2.03. The monoisotopic (exact) mass is 445 g/mol. The lowest BCUT2D eigenvalue weighted by Crippen LogP contribution is -2.08. The SMILES string of the molecule is CCCCc1nn(-c2ccccc2)c(=S)n1-c1c(Cl)cc(C(F)(F)F)cc1Cl. The molecule has 28 heavy (non-hydrogen) atoms. The van der Waals surface area contributed by atoms with Crippen LogP contribution in [0.5, 0.6) is 0 Å². The minimum absolute atomic E-state index is 0.138. The average molecular weight is 446 g/mol. The Kier molecular flexibility index (Phi) is 6.17. The Balaban J connectivity index is 2.24. The van der Waals surface area contributed by atoms with Gasteiger partial charge in [-0.1, -0.05) is 54.7 Å². The van der Waals surface area contributed by atoms with Crippen molar-refractivity contribution in [2.45, 2.75) is 32.4 Å². The highest BCUT2D eigenvalue weighted by Crippen LogP contribution is 2.38. The average Bonchev–Trinajstić information content (AvgIpc) is 2.96. The number of aromatic nitrogens is 3. The molecule has 1 aromatic heterocycles. The maximum absolute atomic E-state index is 13.1. The minimum atomic E-state index is -4.55. The summed E-state index contributed by atoms with van der Waals surface area (Å²) >= 11 is 18.0. The summed E-state index contributed by atoms with van der Waals surface area (Å²) in [5.41, 5.74) is 0.0288. The van der Waals surface area contributed by atoms with E-state index in [9.17, 15) is 13.2 Å². The molecule has 0 radical (unpaired) electrons. The number of unbranched alkanes of at least 4 members (excludes halogenated alkanes) is 1. The Labute approximate surface area is 175 Å². The van der Waals surface area contributed by atoms with E-state index in [2.05, 4.69) is 5.10 Å². The second-order valence-electron chi connectivity index (χ2n) is 6.17. The second kappa shape index (κ2) is 8.27. The lowest BCUT2D eigenvalue weighted by atomic mass is 10.2. The molecule has 0 saturated heterocycles. The fourth-order valence-electron chi connectivity index (χ4n) is 2.81. The quantitative estimate of drug-likeness (QED) is 0.392. The third kappa shape index (κ3) is 4.11. The Hall–Kier alpha value is -1.83. The van der Waals surface area contributed by atoms with E-state index in [0.717, 1.165) is 30.7 Å². The van der Waals surface area contributed by atoms with Crippen LogP contribution < -0.4 is 0 Å². The van der Waals surface area contributed by atoms with Crippen LogP contribution in [0, 0.1) is 4.77 Å². The number of rotatable bonds is 5. The fraction of sp³-hybridized carbons (Fsp3) is 0.263. The normalized spacial score (nSPS) is 11.8. The third-order valence-corrected chi connectivity index (χ3v) is 5.10. The van der Waals surface area contributed by atoms with E-state index in [0.29, 0.717) is 12.2 Å². The van der Waals surface area contributed by atoms with Crippen molar-refractivity contribution in [3.05, 3.63) is 68.7 Å². The predicted molar refractivity (Wildman–Crippen MR) is 107 cm³/mol. The number of para-hydroxylation sites is 1. The highest BCUT2D eigenvalue weighted by atomic mass is 35.5. The number of aryl methyl sites for hydroxylation is 1. The fourth-order valence-corrected chi connectivity index (χ4v) is 3.81. The van der Waals surface area contributed by atoms with Crippen LogP contribution in [-0.2, 0) is 12.6 Å². The molecule has 0 aliphatic heterocycles. The van der Waals surface area contributed by atoms with E-state index in [1.165, 1.54) is 0 Å². The van der Waals surface area contributed by atoms with E-state index in [1.54, 1.807) is 9.25 Å². The summed E-state index contributed by atoms with van der Waals surface area (Å²) in [6.07, 6.45) is -2.23. The molecule has 9 heteroatoms. The van der Waals surface area contributed by atoms with Crippen LogP contribution in [0.2, 0.25) is 10.0 Å². The zero-order valence-electron chi connectivity index (χ0n) is 14.8. The van der Waals surface area contributed by atoms with Gasteiger partial charge >= 0.3 is 6.18 Å². The molecule has 3 nitrogen and oxygen atoms in total. The smallest absolute Gasteiger partial charge is 0.269 e. The molecule has 0 fully saturated rings. The molecule has 2 aromatic carbocycles. The molecule has 0 aliphatic carbocycles. The first-order valence-electron chi connectivity index (χ1n) is 8.57. The molecule has 0 aliphatic rings. The topological polar surface area (TPSA) is 22.8 Å². The molecule has 0 spiro atoms. The van der Waals surface area contributed by atoms with Crippen LogP contribution in [0.15, 0.2) is 42.5 Å². The van der Waals surface area contributed by atoms with Gasteiger partial charge in [-0.25, -0.2) is 4.68 Å². The Bertz CT molecular complexity index is 1020. The van der Waals surface area contributed by atoms with Crippen LogP contribution >= 0.6 is 35.4 Å². The number of nitrogens with zero attached hydrogens (tertiary/aromatic N) is 3. The van der Waals surface area contributed by atoms with Crippen LogP contribution in [0.4, 0.5) is 13.2 Å². The maximum atomic E-state index is 13.1. The molecule has 0 unspecified atom stereocenters. The van der Waals surface area contributed by atoms with E-state index >= 15 is 0 Å². The van der Waals surface area contributed by atoms with Crippen molar-refractivity contribution in [2.75, 3.05) is 0 Å². The van der Waals surface area contributed by atoms with Crippen molar-refractivity contribution in [2.24, 2.45) is 0 Å². The summed E-state index contributed by atoms with van der Waals surface area (Å²) in [4.78, 5) is 0. The summed E-state index contributed by atoms with van der Waals surface area (Å²) in [5.74, 6) is 0.583. The van der Waals surface area contributed by atoms with Gasteiger partial charge in [0, 0.05) is 6.42 Å².